The van der Waals surface area contributed by atoms with Crippen molar-refractivity contribution in [2.45, 2.75) is 45.0 Å². The molecule has 1 aliphatic rings. The van der Waals surface area contributed by atoms with E-state index in [0.717, 1.165) is 37.0 Å². The third kappa shape index (κ3) is 4.71. The summed E-state index contributed by atoms with van der Waals surface area (Å²) in [5.74, 6) is 1.63. The molecule has 132 valence electrons. The number of unbranched alkanes of at least 4 members (excludes halogenated alkanes) is 1. The smallest absolute Gasteiger partial charge is 0.184 e. The van der Waals surface area contributed by atoms with Crippen molar-refractivity contribution in [2.75, 3.05) is 13.7 Å². The highest BCUT2D eigenvalue weighted by Gasteiger charge is 2.35. The SMILES string of the molecule is C=CCCC[C@@H]1O[C@H](c2ccc(OC)cc2)OC[C@H]1[C@H](C=C)CC. The maximum absolute atomic E-state index is 6.34. The Hall–Kier alpha value is -1.58. The Kier molecular flexibility index (Phi) is 7.54. The molecule has 1 heterocycles. The van der Waals surface area contributed by atoms with Gasteiger partial charge in [-0.1, -0.05) is 31.2 Å². The van der Waals surface area contributed by atoms with Gasteiger partial charge in [-0.25, -0.2) is 0 Å². The van der Waals surface area contributed by atoms with E-state index in [1.807, 2.05) is 36.4 Å². The number of hydrogen-bond donors (Lipinski definition) is 0. The summed E-state index contributed by atoms with van der Waals surface area (Å²) in [4.78, 5) is 0. The number of hydrogen-bond acceptors (Lipinski definition) is 3. The van der Waals surface area contributed by atoms with Crippen molar-refractivity contribution in [1.29, 1.82) is 0 Å². The summed E-state index contributed by atoms with van der Waals surface area (Å²) in [5.41, 5.74) is 1.04. The molecule has 4 atom stereocenters. The molecular formula is C21H30O3. The fraction of sp³-hybridized carbons (Fsp3) is 0.524. The van der Waals surface area contributed by atoms with Crippen LogP contribution in [-0.2, 0) is 9.47 Å². The lowest BCUT2D eigenvalue weighted by Crippen LogP contribution is -2.39. The molecule has 1 fully saturated rings. The van der Waals surface area contributed by atoms with Crippen LogP contribution in [0.1, 0.15) is 44.5 Å². The van der Waals surface area contributed by atoms with Gasteiger partial charge < -0.3 is 14.2 Å². The Labute approximate surface area is 146 Å². The van der Waals surface area contributed by atoms with Crippen molar-refractivity contribution in [1.82, 2.24) is 0 Å². The summed E-state index contributed by atoms with van der Waals surface area (Å²) in [6, 6.07) is 7.91. The maximum Gasteiger partial charge on any atom is 0.184 e. The molecule has 1 aliphatic heterocycles. The normalized spacial score (nSPS) is 25.0. The minimum absolute atomic E-state index is 0.189. The van der Waals surface area contributed by atoms with Crippen LogP contribution in [0, 0.1) is 11.8 Å². The number of rotatable bonds is 9. The summed E-state index contributed by atoms with van der Waals surface area (Å²) >= 11 is 0. The molecule has 0 bridgehead atoms. The van der Waals surface area contributed by atoms with Gasteiger partial charge in [0.05, 0.1) is 19.8 Å². The lowest BCUT2D eigenvalue weighted by atomic mass is 9.83. The second-order valence-corrected chi connectivity index (χ2v) is 6.30. The molecule has 0 aromatic heterocycles. The van der Waals surface area contributed by atoms with E-state index in [0.29, 0.717) is 18.4 Å². The van der Waals surface area contributed by atoms with Crippen LogP contribution in [0.4, 0.5) is 0 Å². The molecule has 24 heavy (non-hydrogen) atoms. The summed E-state index contributed by atoms with van der Waals surface area (Å²) in [6.45, 7) is 10.7. The van der Waals surface area contributed by atoms with E-state index >= 15 is 0 Å². The summed E-state index contributed by atoms with van der Waals surface area (Å²) in [5, 5.41) is 0. The van der Waals surface area contributed by atoms with Crippen molar-refractivity contribution < 1.29 is 14.2 Å². The van der Waals surface area contributed by atoms with Crippen LogP contribution in [0.5, 0.6) is 5.75 Å². The quantitative estimate of drug-likeness (QED) is 0.454. The van der Waals surface area contributed by atoms with Crippen LogP contribution in [0.2, 0.25) is 0 Å². The molecule has 2 rings (SSSR count). The number of methoxy groups -OCH3 is 1. The van der Waals surface area contributed by atoms with E-state index in [1.54, 1.807) is 7.11 Å². The van der Waals surface area contributed by atoms with Crippen molar-refractivity contribution in [2.24, 2.45) is 11.8 Å². The van der Waals surface area contributed by atoms with Crippen LogP contribution >= 0.6 is 0 Å². The van der Waals surface area contributed by atoms with E-state index in [-0.39, 0.29) is 12.4 Å². The minimum Gasteiger partial charge on any atom is -0.497 e. The predicted octanol–water partition coefficient (Wildman–Crippen LogP) is 5.29. The topological polar surface area (TPSA) is 27.7 Å². The van der Waals surface area contributed by atoms with E-state index in [1.165, 1.54) is 0 Å². The second kappa shape index (κ2) is 9.65. The van der Waals surface area contributed by atoms with Gasteiger partial charge in [0.2, 0.25) is 0 Å². The minimum atomic E-state index is -0.303. The summed E-state index contributed by atoms with van der Waals surface area (Å²) in [6.07, 6.45) is 8.10. The first-order valence-electron chi connectivity index (χ1n) is 8.87. The molecular weight excluding hydrogens is 300 g/mol. The van der Waals surface area contributed by atoms with Crippen LogP contribution in [0.15, 0.2) is 49.6 Å². The van der Waals surface area contributed by atoms with Gasteiger partial charge in [-0.05, 0) is 43.7 Å². The van der Waals surface area contributed by atoms with Gasteiger partial charge in [-0.2, -0.15) is 0 Å². The van der Waals surface area contributed by atoms with Gasteiger partial charge in [0.25, 0.3) is 0 Å². The van der Waals surface area contributed by atoms with Gasteiger partial charge in [0.1, 0.15) is 5.75 Å². The van der Waals surface area contributed by atoms with Crippen LogP contribution in [-0.4, -0.2) is 19.8 Å². The molecule has 0 saturated carbocycles. The zero-order valence-electron chi connectivity index (χ0n) is 14.9. The van der Waals surface area contributed by atoms with E-state index < -0.39 is 0 Å². The zero-order chi connectivity index (χ0) is 17.4. The summed E-state index contributed by atoms with van der Waals surface area (Å²) < 4.78 is 17.6. The van der Waals surface area contributed by atoms with E-state index in [4.69, 9.17) is 14.2 Å². The first kappa shape index (κ1) is 18.8. The molecule has 0 radical (unpaired) electrons. The van der Waals surface area contributed by atoms with Crippen LogP contribution in [0.3, 0.4) is 0 Å². The molecule has 1 aromatic rings. The van der Waals surface area contributed by atoms with Gasteiger partial charge in [0, 0.05) is 11.5 Å². The molecule has 1 saturated heterocycles. The summed E-state index contributed by atoms with van der Waals surface area (Å²) in [7, 11) is 1.67. The van der Waals surface area contributed by atoms with E-state index in [2.05, 4.69) is 20.1 Å². The predicted molar refractivity (Wildman–Crippen MR) is 98.1 cm³/mol. The number of allylic oxidation sites excluding steroid dienone is 2. The molecule has 0 amide bonds. The van der Waals surface area contributed by atoms with Crippen LogP contribution < -0.4 is 4.74 Å². The largest absolute Gasteiger partial charge is 0.497 e. The maximum atomic E-state index is 6.34. The molecule has 0 unspecified atom stereocenters. The molecule has 0 spiro atoms. The third-order valence-electron chi connectivity index (χ3n) is 4.82. The average Bonchev–Trinajstić information content (AvgIpc) is 2.64. The highest BCUT2D eigenvalue weighted by Crippen LogP contribution is 2.36. The van der Waals surface area contributed by atoms with Crippen molar-refractivity contribution >= 4 is 0 Å². The first-order valence-corrected chi connectivity index (χ1v) is 8.87. The van der Waals surface area contributed by atoms with Crippen molar-refractivity contribution in [3.05, 3.63) is 55.1 Å². The highest BCUT2D eigenvalue weighted by molar-refractivity contribution is 5.28. The molecule has 3 heteroatoms. The lowest BCUT2D eigenvalue weighted by molar-refractivity contribution is -0.248. The van der Waals surface area contributed by atoms with Gasteiger partial charge in [-0.3, -0.25) is 0 Å². The fourth-order valence-corrected chi connectivity index (χ4v) is 3.33. The number of benzene rings is 1. The van der Waals surface area contributed by atoms with Gasteiger partial charge in [-0.15, -0.1) is 13.2 Å². The lowest BCUT2D eigenvalue weighted by Gasteiger charge is -2.39. The first-order chi connectivity index (χ1) is 11.7. The van der Waals surface area contributed by atoms with Crippen LogP contribution in [0.25, 0.3) is 0 Å². The Morgan fingerprint density at radius 2 is 2.04 bits per heavy atom. The molecule has 0 aliphatic carbocycles. The Morgan fingerprint density at radius 3 is 2.62 bits per heavy atom. The Morgan fingerprint density at radius 1 is 1.29 bits per heavy atom. The molecule has 3 nitrogen and oxygen atoms in total. The van der Waals surface area contributed by atoms with Crippen molar-refractivity contribution in [3.8, 4) is 5.75 Å². The average molecular weight is 330 g/mol. The van der Waals surface area contributed by atoms with Crippen molar-refractivity contribution in [3.63, 3.8) is 0 Å². The monoisotopic (exact) mass is 330 g/mol. The standard InChI is InChI=1S/C21H30O3/c1-5-8-9-10-20-19(16(6-2)7-3)15-23-21(24-20)17-11-13-18(22-4)14-12-17/h5-6,11-14,16,19-21H,1-2,7-10,15H2,3-4H3/t16-,19+,20+,21-/m1/s1. The molecule has 1 aromatic carbocycles. The zero-order valence-corrected chi connectivity index (χ0v) is 14.9. The third-order valence-corrected chi connectivity index (χ3v) is 4.82. The Balaban J connectivity index is 2.08. The van der Waals surface area contributed by atoms with E-state index in [9.17, 15) is 0 Å². The van der Waals surface area contributed by atoms with Gasteiger partial charge >= 0.3 is 0 Å². The second-order valence-electron chi connectivity index (χ2n) is 6.30. The number of ether oxygens (including phenoxy) is 3. The van der Waals surface area contributed by atoms with Gasteiger partial charge in [0.15, 0.2) is 6.29 Å². The Bertz CT molecular complexity index is 508. The molecule has 0 N–H and O–H groups in total. The highest BCUT2D eigenvalue weighted by atomic mass is 16.7. The fourth-order valence-electron chi connectivity index (χ4n) is 3.33.